The molecule has 7 heteroatoms. The van der Waals surface area contributed by atoms with Crippen LogP contribution in [0.15, 0.2) is 12.2 Å². The van der Waals surface area contributed by atoms with Gasteiger partial charge in [-0.05, 0) is 34.1 Å². The van der Waals surface area contributed by atoms with Crippen LogP contribution in [0.4, 0.5) is 4.79 Å². The Balaban J connectivity index is 3.66. The first-order valence-corrected chi connectivity index (χ1v) is 6.77. The monoisotopic (exact) mass is 299 g/mol. The molecule has 0 aromatic heterocycles. The molecule has 7 nitrogen and oxygen atoms in total. The van der Waals surface area contributed by atoms with E-state index < -0.39 is 11.6 Å². The molecule has 0 aliphatic carbocycles. The highest BCUT2D eigenvalue weighted by Gasteiger charge is 2.15. The molecule has 0 rings (SSSR count). The number of carbonyl (C=O) groups is 3. The lowest BCUT2D eigenvalue weighted by molar-refractivity contribution is -0.124. The summed E-state index contributed by atoms with van der Waals surface area (Å²) in [5.74, 6) is -0.589. The Hall–Kier alpha value is -2.05. The highest BCUT2D eigenvalue weighted by molar-refractivity contribution is 5.92. The quantitative estimate of drug-likeness (QED) is 0.476. The van der Waals surface area contributed by atoms with E-state index in [1.165, 1.54) is 0 Å². The van der Waals surface area contributed by atoms with Gasteiger partial charge >= 0.3 is 6.09 Å². The average molecular weight is 299 g/mol. The van der Waals surface area contributed by atoms with E-state index in [0.29, 0.717) is 25.1 Å². The molecular weight excluding hydrogens is 274 g/mol. The van der Waals surface area contributed by atoms with Crippen LogP contribution in [-0.4, -0.2) is 43.1 Å². The highest BCUT2D eigenvalue weighted by atomic mass is 16.6. The van der Waals surface area contributed by atoms with Crippen molar-refractivity contribution in [2.45, 2.75) is 39.7 Å². The van der Waals surface area contributed by atoms with Crippen LogP contribution in [0.2, 0.25) is 0 Å². The second-order valence-electron chi connectivity index (χ2n) is 5.69. The third-order valence-electron chi connectivity index (χ3n) is 2.16. The second kappa shape index (κ2) is 8.99. The first kappa shape index (κ1) is 18.9. The van der Waals surface area contributed by atoms with E-state index in [4.69, 9.17) is 4.74 Å². The van der Waals surface area contributed by atoms with Gasteiger partial charge in [0.25, 0.3) is 5.91 Å². The Labute approximate surface area is 125 Å². The molecule has 0 aliphatic rings. The normalized spacial score (nSPS) is 10.5. The molecule has 0 fully saturated rings. The standard InChI is InChI=1S/C14H25N3O4/c1-10(2)12(19)16-8-6-7-15-11(18)9-21-13(20)17-14(3,4)5/h1,6-9H2,2-5H3,(H,15,18)(H,16,19)(H,17,20). The number of hydrogen-bond donors (Lipinski definition) is 3. The number of rotatable bonds is 7. The molecule has 3 amide bonds. The van der Waals surface area contributed by atoms with Gasteiger partial charge in [-0.3, -0.25) is 9.59 Å². The van der Waals surface area contributed by atoms with Gasteiger partial charge < -0.3 is 20.7 Å². The molecule has 0 saturated heterocycles. The zero-order valence-corrected chi connectivity index (χ0v) is 13.2. The fourth-order valence-electron chi connectivity index (χ4n) is 1.19. The average Bonchev–Trinajstić information content (AvgIpc) is 2.33. The Morgan fingerprint density at radius 2 is 1.67 bits per heavy atom. The summed E-state index contributed by atoms with van der Waals surface area (Å²) in [6.07, 6.45) is -0.0507. The summed E-state index contributed by atoms with van der Waals surface area (Å²) >= 11 is 0. The highest BCUT2D eigenvalue weighted by Crippen LogP contribution is 1.98. The van der Waals surface area contributed by atoms with Crippen molar-refractivity contribution in [3.8, 4) is 0 Å². The number of amides is 3. The van der Waals surface area contributed by atoms with E-state index in [1.54, 1.807) is 6.92 Å². The third kappa shape index (κ3) is 11.5. The first-order chi connectivity index (χ1) is 9.61. The molecule has 0 aromatic carbocycles. The topological polar surface area (TPSA) is 96.5 Å². The number of alkyl carbamates (subject to hydrolysis) is 1. The lowest BCUT2D eigenvalue weighted by Gasteiger charge is -2.19. The smallest absolute Gasteiger partial charge is 0.408 e. The predicted molar refractivity (Wildman–Crippen MR) is 79.7 cm³/mol. The van der Waals surface area contributed by atoms with Crippen molar-refractivity contribution < 1.29 is 19.1 Å². The zero-order chi connectivity index (χ0) is 16.5. The third-order valence-corrected chi connectivity index (χ3v) is 2.16. The van der Waals surface area contributed by atoms with Crippen molar-refractivity contribution in [1.82, 2.24) is 16.0 Å². The number of carbonyl (C=O) groups excluding carboxylic acids is 3. The zero-order valence-electron chi connectivity index (χ0n) is 13.2. The van der Waals surface area contributed by atoms with E-state index in [1.807, 2.05) is 20.8 Å². The molecule has 0 saturated carbocycles. The van der Waals surface area contributed by atoms with Gasteiger partial charge in [0.1, 0.15) is 0 Å². The lowest BCUT2D eigenvalue weighted by Crippen LogP contribution is -2.42. The lowest BCUT2D eigenvalue weighted by atomic mass is 10.1. The maximum absolute atomic E-state index is 11.4. The molecule has 21 heavy (non-hydrogen) atoms. The Morgan fingerprint density at radius 1 is 1.10 bits per heavy atom. The summed E-state index contributed by atoms with van der Waals surface area (Å²) in [4.78, 5) is 33.9. The van der Waals surface area contributed by atoms with Crippen molar-refractivity contribution in [3.63, 3.8) is 0 Å². The van der Waals surface area contributed by atoms with E-state index in [2.05, 4.69) is 22.5 Å². The van der Waals surface area contributed by atoms with Crippen LogP contribution in [0.3, 0.4) is 0 Å². The molecule has 0 bridgehead atoms. The van der Waals surface area contributed by atoms with Crippen LogP contribution >= 0.6 is 0 Å². The van der Waals surface area contributed by atoms with Gasteiger partial charge in [-0.25, -0.2) is 4.79 Å². The van der Waals surface area contributed by atoms with Crippen LogP contribution < -0.4 is 16.0 Å². The molecule has 0 spiro atoms. The SMILES string of the molecule is C=C(C)C(=O)NCCCNC(=O)COC(=O)NC(C)(C)C. The van der Waals surface area contributed by atoms with Crippen molar-refractivity contribution in [2.24, 2.45) is 0 Å². The van der Waals surface area contributed by atoms with Gasteiger partial charge in [-0.1, -0.05) is 6.58 Å². The van der Waals surface area contributed by atoms with Crippen LogP contribution in [-0.2, 0) is 14.3 Å². The summed E-state index contributed by atoms with van der Waals surface area (Å²) in [5, 5.41) is 7.81. The minimum absolute atomic E-state index is 0.205. The second-order valence-corrected chi connectivity index (χ2v) is 5.69. The molecule has 0 unspecified atom stereocenters. The fraction of sp³-hybridized carbons (Fsp3) is 0.643. The van der Waals surface area contributed by atoms with E-state index >= 15 is 0 Å². The minimum Gasteiger partial charge on any atom is -0.439 e. The molecule has 3 N–H and O–H groups in total. The molecule has 0 heterocycles. The number of hydrogen-bond acceptors (Lipinski definition) is 4. The van der Waals surface area contributed by atoms with Gasteiger partial charge in [-0.2, -0.15) is 0 Å². The predicted octanol–water partition coefficient (Wildman–Crippen LogP) is 0.710. The molecule has 0 atom stereocenters. The van der Waals surface area contributed by atoms with Gasteiger partial charge in [0.05, 0.1) is 0 Å². The van der Waals surface area contributed by atoms with Crippen LogP contribution in [0.1, 0.15) is 34.1 Å². The largest absolute Gasteiger partial charge is 0.439 e. The van der Waals surface area contributed by atoms with Crippen molar-refractivity contribution >= 4 is 17.9 Å². The van der Waals surface area contributed by atoms with Crippen molar-refractivity contribution in [2.75, 3.05) is 19.7 Å². The van der Waals surface area contributed by atoms with Gasteiger partial charge in [0.15, 0.2) is 6.61 Å². The summed E-state index contributed by atoms with van der Waals surface area (Å²) in [6, 6.07) is 0. The van der Waals surface area contributed by atoms with Crippen molar-refractivity contribution in [3.05, 3.63) is 12.2 Å². The van der Waals surface area contributed by atoms with Crippen LogP contribution in [0, 0.1) is 0 Å². The number of nitrogens with one attached hydrogen (secondary N) is 3. The van der Waals surface area contributed by atoms with Gasteiger partial charge in [0, 0.05) is 24.2 Å². The molecule has 0 radical (unpaired) electrons. The summed E-state index contributed by atoms with van der Waals surface area (Å²) in [5.41, 5.74) is 0.0343. The Morgan fingerprint density at radius 3 is 2.19 bits per heavy atom. The van der Waals surface area contributed by atoms with E-state index in [9.17, 15) is 14.4 Å². The van der Waals surface area contributed by atoms with Gasteiger partial charge in [-0.15, -0.1) is 0 Å². The van der Waals surface area contributed by atoms with Crippen LogP contribution in [0.5, 0.6) is 0 Å². The number of ether oxygens (including phenoxy) is 1. The Bertz CT molecular complexity index is 400. The summed E-state index contributed by atoms with van der Waals surface area (Å²) in [7, 11) is 0. The summed E-state index contributed by atoms with van der Waals surface area (Å²) < 4.78 is 4.76. The summed E-state index contributed by atoms with van der Waals surface area (Å²) in [6.45, 7) is 11.1. The first-order valence-electron chi connectivity index (χ1n) is 6.77. The maximum Gasteiger partial charge on any atom is 0.408 e. The van der Waals surface area contributed by atoms with E-state index in [0.717, 1.165) is 0 Å². The minimum atomic E-state index is -0.633. The molecule has 120 valence electrons. The Kier molecular flexibility index (Phi) is 8.11. The molecular formula is C14H25N3O4. The fourth-order valence-corrected chi connectivity index (χ4v) is 1.19. The molecule has 0 aliphatic heterocycles. The van der Waals surface area contributed by atoms with Crippen molar-refractivity contribution in [1.29, 1.82) is 0 Å². The maximum atomic E-state index is 11.4. The molecule has 0 aromatic rings. The van der Waals surface area contributed by atoms with Gasteiger partial charge in [0.2, 0.25) is 5.91 Å². The van der Waals surface area contributed by atoms with Crippen LogP contribution in [0.25, 0.3) is 0 Å². The van der Waals surface area contributed by atoms with E-state index in [-0.39, 0.29) is 18.4 Å².